The smallest absolute Gasteiger partial charge is 0.383 e. The molecule has 3 aromatic rings. The van der Waals surface area contributed by atoms with Gasteiger partial charge in [-0.3, -0.25) is 0 Å². The van der Waals surface area contributed by atoms with E-state index in [1.807, 2.05) is 0 Å². The SMILES string of the molecule is Nc1c(-c2ccccc2Cl)c(C(F)(F)F)nn1-c1cccc(C(F)(F)F)c1. The molecule has 0 saturated carbocycles. The van der Waals surface area contributed by atoms with E-state index in [0.717, 1.165) is 12.1 Å². The molecule has 0 spiro atoms. The third-order valence-electron chi connectivity index (χ3n) is 3.75. The van der Waals surface area contributed by atoms with Crippen molar-refractivity contribution in [3.63, 3.8) is 0 Å². The molecule has 0 saturated heterocycles. The lowest BCUT2D eigenvalue weighted by molar-refractivity contribution is -0.141. The standard InChI is InChI=1S/C17H10ClF6N3/c18-12-7-2-1-6-11(12)13-14(17(22,23)24)26-27(15(13)25)10-5-3-4-9(8-10)16(19,20)21/h1-8H,25H2. The van der Waals surface area contributed by atoms with Gasteiger partial charge in [0.05, 0.1) is 16.8 Å². The Hall–Kier alpha value is -2.68. The molecule has 2 N–H and O–H groups in total. The minimum absolute atomic E-state index is 0.00158. The highest BCUT2D eigenvalue weighted by atomic mass is 35.5. The lowest BCUT2D eigenvalue weighted by Crippen LogP contribution is -2.10. The van der Waals surface area contributed by atoms with Crippen molar-refractivity contribution in [1.29, 1.82) is 0 Å². The van der Waals surface area contributed by atoms with Gasteiger partial charge in [0.15, 0.2) is 5.69 Å². The number of anilines is 1. The molecule has 10 heteroatoms. The number of nitrogens with zero attached hydrogens (tertiary/aromatic N) is 2. The Morgan fingerprint density at radius 1 is 0.889 bits per heavy atom. The molecule has 27 heavy (non-hydrogen) atoms. The van der Waals surface area contributed by atoms with Crippen LogP contribution in [0.25, 0.3) is 16.8 Å². The first kappa shape index (κ1) is 19.1. The van der Waals surface area contributed by atoms with Crippen molar-refractivity contribution in [2.45, 2.75) is 12.4 Å². The topological polar surface area (TPSA) is 43.8 Å². The Balaban J connectivity index is 2.27. The highest BCUT2D eigenvalue weighted by molar-refractivity contribution is 6.33. The van der Waals surface area contributed by atoms with Crippen LogP contribution in [-0.2, 0) is 12.4 Å². The molecule has 2 aromatic carbocycles. The van der Waals surface area contributed by atoms with Gasteiger partial charge in [0.1, 0.15) is 5.82 Å². The van der Waals surface area contributed by atoms with E-state index in [-0.39, 0.29) is 16.3 Å². The number of rotatable bonds is 2. The summed E-state index contributed by atoms with van der Waals surface area (Å²) >= 11 is 5.98. The molecule has 3 nitrogen and oxygen atoms in total. The Morgan fingerprint density at radius 3 is 2.15 bits per heavy atom. The van der Waals surface area contributed by atoms with Crippen molar-refractivity contribution in [1.82, 2.24) is 9.78 Å². The van der Waals surface area contributed by atoms with Crippen LogP contribution in [-0.4, -0.2) is 9.78 Å². The summed E-state index contributed by atoms with van der Waals surface area (Å²) in [5.41, 5.74) is 2.69. The number of nitrogens with two attached hydrogens (primary N) is 1. The second-order valence-electron chi connectivity index (χ2n) is 5.55. The maximum Gasteiger partial charge on any atom is 0.435 e. The third-order valence-corrected chi connectivity index (χ3v) is 4.08. The predicted octanol–water partition coefficient (Wildman–Crippen LogP) is 5.81. The molecule has 0 aliphatic heterocycles. The van der Waals surface area contributed by atoms with Crippen LogP contribution in [0.5, 0.6) is 0 Å². The second kappa shape index (κ2) is 6.49. The number of halogens is 7. The van der Waals surface area contributed by atoms with Gasteiger partial charge < -0.3 is 5.73 Å². The van der Waals surface area contributed by atoms with Crippen LogP contribution < -0.4 is 5.73 Å². The van der Waals surface area contributed by atoms with Crippen LogP contribution in [0.3, 0.4) is 0 Å². The van der Waals surface area contributed by atoms with Gasteiger partial charge in [-0.25, -0.2) is 4.68 Å². The van der Waals surface area contributed by atoms with Gasteiger partial charge in [-0.1, -0.05) is 35.9 Å². The van der Waals surface area contributed by atoms with E-state index in [1.54, 1.807) is 0 Å². The van der Waals surface area contributed by atoms with Crippen molar-refractivity contribution in [3.8, 4) is 16.8 Å². The maximum absolute atomic E-state index is 13.5. The summed E-state index contributed by atoms with van der Waals surface area (Å²) in [6, 6.07) is 9.37. The molecule has 0 fully saturated rings. The molecule has 1 aromatic heterocycles. The van der Waals surface area contributed by atoms with Gasteiger partial charge in [-0.15, -0.1) is 0 Å². The largest absolute Gasteiger partial charge is 0.435 e. The van der Waals surface area contributed by atoms with Gasteiger partial charge in [0, 0.05) is 10.6 Å². The van der Waals surface area contributed by atoms with E-state index in [2.05, 4.69) is 5.10 Å². The van der Waals surface area contributed by atoms with E-state index in [1.165, 1.54) is 30.3 Å². The van der Waals surface area contributed by atoms with Gasteiger partial charge >= 0.3 is 12.4 Å². The lowest BCUT2D eigenvalue weighted by atomic mass is 10.0. The van der Waals surface area contributed by atoms with E-state index < -0.39 is 35.0 Å². The first-order valence-electron chi connectivity index (χ1n) is 7.38. The number of hydrogen-bond donors (Lipinski definition) is 1. The zero-order chi connectivity index (χ0) is 20.0. The molecule has 0 unspecified atom stereocenters. The van der Waals surface area contributed by atoms with Crippen LogP contribution in [0, 0.1) is 0 Å². The van der Waals surface area contributed by atoms with Crippen molar-refractivity contribution in [2.24, 2.45) is 0 Å². The molecule has 0 radical (unpaired) electrons. The summed E-state index contributed by atoms with van der Waals surface area (Å²) in [5, 5.41) is 3.43. The summed E-state index contributed by atoms with van der Waals surface area (Å²) in [7, 11) is 0. The Bertz CT molecular complexity index is 991. The van der Waals surface area contributed by atoms with Gasteiger partial charge in [0.2, 0.25) is 0 Å². The fraction of sp³-hybridized carbons (Fsp3) is 0.118. The number of benzene rings is 2. The lowest BCUT2D eigenvalue weighted by Gasteiger charge is -2.10. The number of aromatic nitrogens is 2. The van der Waals surface area contributed by atoms with Crippen LogP contribution in [0.2, 0.25) is 5.02 Å². The molecule has 0 aliphatic rings. The molecule has 0 atom stereocenters. The molecule has 0 aliphatic carbocycles. The monoisotopic (exact) mass is 405 g/mol. The molecular formula is C17H10ClF6N3. The Morgan fingerprint density at radius 2 is 1.56 bits per heavy atom. The molecule has 142 valence electrons. The zero-order valence-electron chi connectivity index (χ0n) is 13.2. The average Bonchev–Trinajstić information content (AvgIpc) is 2.92. The summed E-state index contributed by atoms with van der Waals surface area (Å²) in [6.07, 6.45) is -9.56. The van der Waals surface area contributed by atoms with Gasteiger partial charge in [-0.05, 0) is 24.3 Å². The minimum atomic E-state index is -4.89. The molecule has 0 bridgehead atoms. The molecule has 1 heterocycles. The maximum atomic E-state index is 13.5. The zero-order valence-corrected chi connectivity index (χ0v) is 14.0. The van der Waals surface area contributed by atoms with E-state index >= 15 is 0 Å². The van der Waals surface area contributed by atoms with Gasteiger partial charge in [0.25, 0.3) is 0 Å². The van der Waals surface area contributed by atoms with Crippen molar-refractivity contribution in [2.75, 3.05) is 5.73 Å². The number of alkyl halides is 6. The third kappa shape index (κ3) is 3.59. The molecular weight excluding hydrogens is 396 g/mol. The van der Waals surface area contributed by atoms with Crippen LogP contribution in [0.15, 0.2) is 48.5 Å². The summed E-state index contributed by atoms with van der Waals surface area (Å²) < 4.78 is 79.8. The first-order valence-corrected chi connectivity index (χ1v) is 7.76. The summed E-state index contributed by atoms with van der Waals surface area (Å²) in [6.45, 7) is 0. The van der Waals surface area contributed by atoms with E-state index in [9.17, 15) is 26.3 Å². The van der Waals surface area contributed by atoms with Crippen molar-refractivity contribution < 1.29 is 26.3 Å². The Labute approximate surface area is 154 Å². The summed E-state index contributed by atoms with van der Waals surface area (Å²) in [4.78, 5) is 0. The van der Waals surface area contributed by atoms with Crippen LogP contribution in [0.1, 0.15) is 11.3 Å². The normalized spacial score (nSPS) is 12.4. The quantitative estimate of drug-likeness (QED) is 0.546. The second-order valence-corrected chi connectivity index (χ2v) is 5.95. The fourth-order valence-corrected chi connectivity index (χ4v) is 2.80. The van der Waals surface area contributed by atoms with Gasteiger partial charge in [-0.2, -0.15) is 31.4 Å². The number of nitrogen functional groups attached to an aromatic ring is 1. The first-order chi connectivity index (χ1) is 12.5. The predicted molar refractivity (Wildman–Crippen MR) is 88.4 cm³/mol. The van der Waals surface area contributed by atoms with Crippen LogP contribution >= 0.6 is 11.6 Å². The highest BCUT2D eigenvalue weighted by Crippen LogP contribution is 2.43. The Kier molecular flexibility index (Phi) is 4.59. The molecule has 0 amide bonds. The molecule has 3 rings (SSSR count). The number of hydrogen-bond acceptors (Lipinski definition) is 2. The summed E-state index contributed by atoms with van der Waals surface area (Å²) in [5.74, 6) is -0.477. The highest BCUT2D eigenvalue weighted by Gasteiger charge is 2.40. The average molecular weight is 406 g/mol. The van der Waals surface area contributed by atoms with E-state index in [4.69, 9.17) is 17.3 Å². The van der Waals surface area contributed by atoms with Crippen molar-refractivity contribution in [3.05, 3.63) is 64.8 Å². The van der Waals surface area contributed by atoms with E-state index in [0.29, 0.717) is 10.7 Å². The fourth-order valence-electron chi connectivity index (χ4n) is 2.57. The minimum Gasteiger partial charge on any atom is -0.383 e. The van der Waals surface area contributed by atoms with Crippen molar-refractivity contribution >= 4 is 17.4 Å². The van der Waals surface area contributed by atoms with Crippen LogP contribution in [0.4, 0.5) is 32.2 Å².